The zero-order valence-electron chi connectivity index (χ0n) is 27.3. The highest BCUT2D eigenvalue weighted by molar-refractivity contribution is 6.26. The molecule has 44 heavy (non-hydrogen) atoms. The number of nitrogens with one attached hydrogen (secondary N) is 1. The molecule has 0 aromatic heterocycles. The van der Waals surface area contributed by atoms with Crippen molar-refractivity contribution < 1.29 is 19.2 Å². The lowest BCUT2D eigenvalue weighted by molar-refractivity contribution is -0.124. The number of hydrogen-bond donors (Lipinski definition) is 1. The first kappa shape index (κ1) is 34.4. The van der Waals surface area contributed by atoms with Crippen molar-refractivity contribution in [2.24, 2.45) is 10.8 Å². The van der Waals surface area contributed by atoms with Crippen LogP contribution in [0.1, 0.15) is 89.5 Å². The lowest BCUT2D eigenvalue weighted by atomic mass is 9.65. The molecule has 0 radical (unpaired) electrons. The molecule has 0 fully saturated rings. The van der Waals surface area contributed by atoms with Crippen molar-refractivity contribution >= 4 is 35.4 Å². The van der Waals surface area contributed by atoms with Gasteiger partial charge in [0, 0.05) is 58.9 Å². The number of amides is 1. The zero-order chi connectivity index (χ0) is 32.7. The molecule has 0 unspecified atom stereocenters. The molecule has 1 N–H and O–H groups in total. The third-order valence-corrected chi connectivity index (χ3v) is 8.51. The molecule has 0 heterocycles. The number of carbonyl (C=O) groups is 4. The van der Waals surface area contributed by atoms with Crippen molar-refractivity contribution in [2.45, 2.75) is 80.1 Å². The Morgan fingerprint density at radius 3 is 1.73 bits per heavy atom. The van der Waals surface area contributed by atoms with Crippen LogP contribution < -0.4 is 5.32 Å². The van der Waals surface area contributed by atoms with Gasteiger partial charge in [0.25, 0.3) is 0 Å². The van der Waals surface area contributed by atoms with Crippen molar-refractivity contribution in [3.05, 3.63) is 106 Å². The Kier molecular flexibility index (Phi) is 11.4. The van der Waals surface area contributed by atoms with Gasteiger partial charge in [-0.2, -0.15) is 0 Å². The summed E-state index contributed by atoms with van der Waals surface area (Å²) in [5.41, 5.74) is 4.19. The Morgan fingerprint density at radius 1 is 0.750 bits per heavy atom. The Hall–Kier alpha value is -4.12. The van der Waals surface area contributed by atoms with Crippen molar-refractivity contribution in [3.8, 4) is 0 Å². The molecule has 0 saturated heterocycles. The maximum Gasteiger partial charge on any atom is 0.220 e. The average molecular weight is 594 g/mol. The molecule has 5 nitrogen and oxygen atoms in total. The van der Waals surface area contributed by atoms with E-state index >= 15 is 0 Å². The van der Waals surface area contributed by atoms with E-state index in [-0.39, 0.29) is 36.1 Å². The van der Waals surface area contributed by atoms with Gasteiger partial charge in [-0.05, 0) is 55.4 Å². The number of aryl methyl sites for hydroxylation is 1. The molecule has 1 aliphatic rings. The molecule has 1 amide bonds. The summed E-state index contributed by atoms with van der Waals surface area (Å²) in [5.74, 6) is -0.549. The van der Waals surface area contributed by atoms with Crippen LogP contribution >= 0.6 is 0 Å². The highest BCUT2D eigenvalue weighted by atomic mass is 16.2. The van der Waals surface area contributed by atoms with Crippen molar-refractivity contribution in [1.82, 2.24) is 5.32 Å². The quantitative estimate of drug-likeness (QED) is 0.213. The maximum absolute atomic E-state index is 13.8. The fraction of sp³-hybridized carbons (Fsp3) is 0.385. The number of carbonyl (C=O) groups excluding carboxylic acids is 4. The highest BCUT2D eigenvalue weighted by Gasteiger charge is 2.43. The van der Waals surface area contributed by atoms with Crippen molar-refractivity contribution in [3.63, 3.8) is 0 Å². The fourth-order valence-corrected chi connectivity index (χ4v) is 6.38. The van der Waals surface area contributed by atoms with E-state index in [4.69, 9.17) is 0 Å². The number of hydrogen-bond acceptors (Lipinski definition) is 4. The predicted molar refractivity (Wildman–Crippen MR) is 180 cm³/mol. The van der Waals surface area contributed by atoms with Crippen LogP contribution in [0.2, 0.25) is 0 Å². The minimum absolute atomic E-state index is 0.0658. The molecule has 1 aliphatic carbocycles. The number of ketones is 3. The van der Waals surface area contributed by atoms with Gasteiger partial charge in [-0.1, -0.05) is 102 Å². The van der Waals surface area contributed by atoms with Crippen LogP contribution in [0, 0.1) is 10.8 Å². The van der Waals surface area contributed by atoms with Crippen LogP contribution in [0.25, 0.3) is 12.2 Å². The minimum atomic E-state index is -0.848. The Balaban J connectivity index is 1.64. The van der Waals surface area contributed by atoms with Gasteiger partial charge in [0.2, 0.25) is 5.91 Å². The Labute approximate surface area is 263 Å². The largest absolute Gasteiger partial charge is 0.356 e. The number of allylic oxidation sites excluding steroid dienone is 4. The summed E-state index contributed by atoms with van der Waals surface area (Å²) in [6.07, 6.45) is 6.41. The van der Waals surface area contributed by atoms with Crippen LogP contribution in [0.5, 0.6) is 0 Å². The molecule has 0 saturated carbocycles. The molecule has 0 spiro atoms. The van der Waals surface area contributed by atoms with Gasteiger partial charge in [0.1, 0.15) is 5.78 Å². The second-order valence-corrected chi connectivity index (χ2v) is 13.2. The van der Waals surface area contributed by atoms with Gasteiger partial charge in [-0.3, -0.25) is 19.2 Å². The van der Waals surface area contributed by atoms with E-state index in [2.05, 4.69) is 24.5 Å². The predicted octanol–water partition coefficient (Wildman–Crippen LogP) is 7.84. The molecule has 2 aromatic carbocycles. The first-order chi connectivity index (χ1) is 20.7. The second kappa shape index (κ2) is 14.6. The summed E-state index contributed by atoms with van der Waals surface area (Å²) < 4.78 is 0. The summed E-state index contributed by atoms with van der Waals surface area (Å²) >= 11 is 0. The molecule has 0 aliphatic heterocycles. The summed E-state index contributed by atoms with van der Waals surface area (Å²) in [6, 6.07) is 16.1. The minimum Gasteiger partial charge on any atom is -0.356 e. The molecular weight excluding hydrogens is 546 g/mol. The van der Waals surface area contributed by atoms with Crippen LogP contribution in [0.4, 0.5) is 0 Å². The van der Waals surface area contributed by atoms with E-state index in [0.717, 1.165) is 28.7 Å². The van der Waals surface area contributed by atoms with Gasteiger partial charge in [-0.15, -0.1) is 0 Å². The van der Waals surface area contributed by atoms with Gasteiger partial charge < -0.3 is 5.32 Å². The smallest absolute Gasteiger partial charge is 0.220 e. The van der Waals surface area contributed by atoms with Crippen LogP contribution in [0.3, 0.4) is 0 Å². The number of Topliss-reactive ketones (excluding diaryl/α,β-unsaturated/α-hetero) is 3. The van der Waals surface area contributed by atoms with Gasteiger partial charge in [-0.25, -0.2) is 0 Å². The molecular formula is C39H47NO4. The van der Waals surface area contributed by atoms with Gasteiger partial charge >= 0.3 is 0 Å². The standard InChI is InChI=1S/C39H47NO4/c1-9-28-14-11-16-30(22-28)18-13-19-32(41)24-38(5,6)34-26(3)37(44)35(27(4)36(34)43)39(7,8)25-33(42)40-21-20-31-17-12-15-29(10-2)23-31/h9-12,14-17,22-23H,1-2,13,18-21,24-25H2,3-8H3,(H,40,42). The topological polar surface area (TPSA) is 80.3 Å². The van der Waals surface area contributed by atoms with Crippen LogP contribution in [-0.2, 0) is 32.0 Å². The first-order valence-corrected chi connectivity index (χ1v) is 15.4. The fourth-order valence-electron chi connectivity index (χ4n) is 6.38. The van der Waals surface area contributed by atoms with Crippen molar-refractivity contribution in [2.75, 3.05) is 6.54 Å². The van der Waals surface area contributed by atoms with Crippen molar-refractivity contribution in [1.29, 1.82) is 0 Å². The van der Waals surface area contributed by atoms with E-state index in [1.54, 1.807) is 26.0 Å². The van der Waals surface area contributed by atoms with E-state index in [0.29, 0.717) is 48.1 Å². The van der Waals surface area contributed by atoms with E-state index in [9.17, 15) is 19.2 Å². The van der Waals surface area contributed by atoms with Gasteiger partial charge in [0.15, 0.2) is 11.6 Å². The van der Waals surface area contributed by atoms with Crippen LogP contribution in [0.15, 0.2) is 84.0 Å². The number of rotatable bonds is 15. The summed E-state index contributed by atoms with van der Waals surface area (Å²) in [5, 5.41) is 2.97. The third kappa shape index (κ3) is 8.49. The molecule has 0 atom stereocenters. The van der Waals surface area contributed by atoms with E-state index in [1.165, 1.54) is 0 Å². The monoisotopic (exact) mass is 593 g/mol. The molecule has 232 valence electrons. The lowest BCUT2D eigenvalue weighted by Gasteiger charge is -2.36. The van der Waals surface area contributed by atoms with Crippen LogP contribution in [-0.4, -0.2) is 29.8 Å². The summed E-state index contributed by atoms with van der Waals surface area (Å²) in [7, 11) is 0. The Bertz CT molecular complexity index is 1420. The zero-order valence-corrected chi connectivity index (χ0v) is 27.3. The normalized spacial score (nSPS) is 14.1. The van der Waals surface area contributed by atoms with E-state index in [1.807, 2.05) is 70.2 Å². The number of benzene rings is 2. The molecule has 3 rings (SSSR count). The third-order valence-electron chi connectivity index (χ3n) is 8.51. The highest BCUT2D eigenvalue weighted by Crippen LogP contribution is 2.44. The molecule has 2 aromatic rings. The Morgan fingerprint density at radius 2 is 1.23 bits per heavy atom. The van der Waals surface area contributed by atoms with E-state index < -0.39 is 10.8 Å². The SMILES string of the molecule is C=Cc1cccc(CCCC(=O)CC(C)(C)C2=C(C)C(=O)C(C(C)(C)CC(=O)NCCc3cccc(C=C)c3)=C(C)C2=O)c1. The van der Waals surface area contributed by atoms with Gasteiger partial charge in [0.05, 0.1) is 0 Å². The lowest BCUT2D eigenvalue weighted by Crippen LogP contribution is -2.38. The summed E-state index contributed by atoms with van der Waals surface area (Å²) in [4.78, 5) is 53.6. The molecule has 0 bridgehead atoms. The molecule has 5 heteroatoms. The summed E-state index contributed by atoms with van der Waals surface area (Å²) in [6.45, 7) is 18.8. The average Bonchev–Trinajstić information content (AvgIpc) is 2.95. The second-order valence-electron chi connectivity index (χ2n) is 13.2. The first-order valence-electron chi connectivity index (χ1n) is 15.4. The maximum atomic E-state index is 13.8.